The lowest BCUT2D eigenvalue weighted by atomic mass is 9.94. The third-order valence-corrected chi connectivity index (χ3v) is 2.00. The Hall–Kier alpha value is -0.215. The molecule has 72 valence electrons. The summed E-state index contributed by atoms with van der Waals surface area (Å²) in [7, 11) is 4.79. The Morgan fingerprint density at radius 3 is 2.92 bits per heavy atom. The van der Waals surface area contributed by atoms with Crippen molar-refractivity contribution in [2.75, 3.05) is 6.61 Å². The molecule has 1 N–H and O–H groups in total. The number of aliphatic hydroxyl groups is 1. The van der Waals surface area contributed by atoms with Crippen molar-refractivity contribution in [2.24, 2.45) is 0 Å². The average molecular weight is 202 g/mol. The molecule has 0 radical (unpaired) electrons. The normalized spacial score (nSPS) is 33.7. The molecular formula is C7H12BO4P. The van der Waals surface area contributed by atoms with Crippen LogP contribution in [0.3, 0.4) is 0 Å². The van der Waals surface area contributed by atoms with Gasteiger partial charge in [-0.15, -0.1) is 0 Å². The van der Waals surface area contributed by atoms with Gasteiger partial charge in [-0.3, -0.25) is 4.79 Å². The molecule has 1 heterocycles. The van der Waals surface area contributed by atoms with Crippen molar-refractivity contribution in [2.45, 2.75) is 25.1 Å². The summed E-state index contributed by atoms with van der Waals surface area (Å²) in [4.78, 5) is 11.4. The number of ketones is 1. The van der Waals surface area contributed by atoms with Crippen LogP contribution in [0.15, 0.2) is 0 Å². The molecule has 13 heavy (non-hydrogen) atoms. The monoisotopic (exact) mass is 202 g/mol. The van der Waals surface area contributed by atoms with E-state index in [0.717, 1.165) is 0 Å². The smallest absolute Gasteiger partial charge is 0.184 e. The van der Waals surface area contributed by atoms with E-state index < -0.39 is 18.2 Å². The quantitative estimate of drug-likeness (QED) is 0.451. The van der Waals surface area contributed by atoms with E-state index in [1.54, 1.807) is 14.8 Å². The van der Waals surface area contributed by atoms with Gasteiger partial charge in [-0.2, -0.15) is 0 Å². The molecule has 1 aliphatic rings. The summed E-state index contributed by atoms with van der Waals surface area (Å²) in [6.45, 7) is 1.47. The fraction of sp³-hybridized carbons (Fsp3) is 0.714. The number of Topliss-reactive ketones (excluding diaryl/α,β-unsaturated/α-hetero) is 1. The minimum Gasteiger partial charge on any atom is -0.394 e. The molecule has 0 aromatic rings. The zero-order chi connectivity index (χ0) is 10.0. The number of rotatable bonds is 3. The highest BCUT2D eigenvalue weighted by atomic mass is 31.0. The Kier molecular flexibility index (Phi) is 3.62. The molecule has 1 fully saturated rings. The van der Waals surface area contributed by atoms with Crippen LogP contribution in [0.25, 0.3) is 0 Å². The van der Waals surface area contributed by atoms with E-state index in [1.165, 1.54) is 0 Å². The molecule has 0 amide bonds. The Balaban J connectivity index is 2.68. The molecule has 4 nitrogen and oxygen atoms in total. The predicted octanol–water partition coefficient (Wildman–Crippen LogP) is -1.42. The van der Waals surface area contributed by atoms with Gasteiger partial charge in [-0.1, -0.05) is 8.86 Å². The molecule has 0 aromatic heterocycles. The van der Waals surface area contributed by atoms with Gasteiger partial charge >= 0.3 is 0 Å². The largest absolute Gasteiger partial charge is 0.394 e. The van der Waals surface area contributed by atoms with Crippen molar-refractivity contribution >= 4 is 28.0 Å². The van der Waals surface area contributed by atoms with Crippen LogP contribution in [-0.4, -0.2) is 49.0 Å². The predicted molar refractivity (Wildman–Crippen MR) is 53.2 cm³/mol. The maximum absolute atomic E-state index is 11.4. The fourth-order valence-corrected chi connectivity index (χ4v) is 1.41. The molecule has 3 atom stereocenters. The minimum atomic E-state index is -0.683. The van der Waals surface area contributed by atoms with Gasteiger partial charge in [-0.05, 0) is 6.92 Å². The molecule has 1 rings (SSSR count). The number of hydrogen-bond donors (Lipinski definition) is 1. The van der Waals surface area contributed by atoms with E-state index in [9.17, 15) is 4.79 Å². The third kappa shape index (κ3) is 2.38. The van der Waals surface area contributed by atoms with Gasteiger partial charge < -0.3 is 14.6 Å². The van der Waals surface area contributed by atoms with E-state index >= 15 is 0 Å². The molecule has 0 aromatic carbocycles. The van der Waals surface area contributed by atoms with Crippen molar-refractivity contribution < 1.29 is 19.4 Å². The van der Waals surface area contributed by atoms with Crippen LogP contribution in [-0.2, 0) is 14.3 Å². The first-order chi connectivity index (χ1) is 6.06. The van der Waals surface area contributed by atoms with Crippen LogP contribution in [0.5, 0.6) is 0 Å². The summed E-state index contributed by atoms with van der Waals surface area (Å²) in [6.07, 6.45) is -1.23. The Morgan fingerprint density at radius 2 is 2.46 bits per heavy atom. The first-order valence-corrected chi connectivity index (χ1v) is 4.58. The zero-order valence-corrected chi connectivity index (χ0v) is 8.61. The maximum atomic E-state index is 11.4. The number of carbonyl (C=O) groups excluding carboxylic acids is 1. The SMILES string of the molecule is BC1OC(CO)[C@@H](OC(C)=P)C1=O. The second-order valence-corrected chi connectivity index (χ2v) is 3.70. The second kappa shape index (κ2) is 4.33. The highest BCUT2D eigenvalue weighted by Gasteiger charge is 2.41. The van der Waals surface area contributed by atoms with Crippen LogP contribution in [0.1, 0.15) is 6.92 Å². The molecule has 0 aliphatic carbocycles. The number of hydrogen-bond acceptors (Lipinski definition) is 4. The van der Waals surface area contributed by atoms with E-state index in [0.29, 0.717) is 5.48 Å². The highest BCUT2D eigenvalue weighted by molar-refractivity contribution is 7.20. The Bertz CT molecular complexity index is 233. The maximum Gasteiger partial charge on any atom is 0.184 e. The lowest BCUT2D eigenvalue weighted by Gasteiger charge is -2.14. The average Bonchev–Trinajstić information content (AvgIpc) is 2.31. The van der Waals surface area contributed by atoms with Crippen molar-refractivity contribution in [3.05, 3.63) is 0 Å². The molecular weight excluding hydrogens is 190 g/mol. The summed E-state index contributed by atoms with van der Waals surface area (Å²) in [5, 5.41) is 8.90. The summed E-state index contributed by atoms with van der Waals surface area (Å²) < 4.78 is 10.4. The summed E-state index contributed by atoms with van der Waals surface area (Å²) >= 11 is 0. The van der Waals surface area contributed by atoms with Crippen molar-refractivity contribution in [3.63, 3.8) is 0 Å². The molecule has 1 saturated heterocycles. The fourth-order valence-electron chi connectivity index (χ4n) is 1.28. The van der Waals surface area contributed by atoms with Gasteiger partial charge in [-0.25, -0.2) is 0 Å². The third-order valence-electron chi connectivity index (χ3n) is 1.88. The van der Waals surface area contributed by atoms with Crippen LogP contribution >= 0.6 is 8.86 Å². The zero-order valence-electron chi connectivity index (χ0n) is 7.61. The summed E-state index contributed by atoms with van der Waals surface area (Å²) in [5.41, 5.74) is 0.509. The molecule has 0 saturated carbocycles. The van der Waals surface area contributed by atoms with E-state index in [-0.39, 0.29) is 12.4 Å². The standard InChI is InChI=1S/C7H12BO4P/c1-3(13)11-6-4(2-9)12-7(8)5(6)10/h4,6-7,9,13H,2,8H2,1H3/t4?,6-,7?/m1/s1. The van der Waals surface area contributed by atoms with E-state index in [2.05, 4.69) is 8.86 Å². The number of carbonyl (C=O) groups is 1. The first kappa shape index (κ1) is 10.9. The summed E-state index contributed by atoms with van der Waals surface area (Å²) in [6, 6.07) is -0.492. The lowest BCUT2D eigenvalue weighted by molar-refractivity contribution is -0.124. The van der Waals surface area contributed by atoms with Crippen LogP contribution in [0, 0.1) is 0 Å². The molecule has 6 heteroatoms. The molecule has 0 bridgehead atoms. The Labute approximate surface area is 79.8 Å². The molecule has 2 unspecified atom stereocenters. The minimum absolute atomic E-state index is 0.128. The molecule has 0 spiro atoms. The molecule has 1 aliphatic heterocycles. The van der Waals surface area contributed by atoms with Gasteiger partial charge in [0.1, 0.15) is 14.0 Å². The van der Waals surface area contributed by atoms with Gasteiger partial charge in [0.15, 0.2) is 11.9 Å². The van der Waals surface area contributed by atoms with Gasteiger partial charge in [0.05, 0.1) is 18.1 Å². The number of ether oxygens (including phenoxy) is 2. The van der Waals surface area contributed by atoms with Gasteiger partial charge in [0.25, 0.3) is 0 Å². The van der Waals surface area contributed by atoms with E-state index in [4.69, 9.17) is 14.6 Å². The Morgan fingerprint density at radius 1 is 1.85 bits per heavy atom. The second-order valence-electron chi connectivity index (χ2n) is 3.00. The van der Waals surface area contributed by atoms with Crippen molar-refractivity contribution in [1.29, 1.82) is 0 Å². The first-order valence-electron chi connectivity index (χ1n) is 4.08. The van der Waals surface area contributed by atoms with Gasteiger partial charge in [0, 0.05) is 0 Å². The van der Waals surface area contributed by atoms with Crippen molar-refractivity contribution in [1.82, 2.24) is 0 Å². The van der Waals surface area contributed by atoms with Crippen LogP contribution < -0.4 is 0 Å². The van der Waals surface area contributed by atoms with Crippen molar-refractivity contribution in [3.8, 4) is 0 Å². The highest BCUT2D eigenvalue weighted by Crippen LogP contribution is 2.18. The number of aliphatic hydroxyl groups excluding tert-OH is 1. The lowest BCUT2D eigenvalue weighted by Crippen LogP contribution is -2.34. The van der Waals surface area contributed by atoms with Crippen LogP contribution in [0.4, 0.5) is 0 Å². The van der Waals surface area contributed by atoms with E-state index in [1.807, 2.05) is 0 Å². The van der Waals surface area contributed by atoms with Gasteiger partial charge in [0.2, 0.25) is 0 Å². The summed E-state index contributed by atoms with van der Waals surface area (Å²) in [5.74, 6) is -0.128. The topological polar surface area (TPSA) is 55.8 Å². The van der Waals surface area contributed by atoms with Crippen LogP contribution in [0.2, 0.25) is 0 Å².